The van der Waals surface area contributed by atoms with E-state index in [2.05, 4.69) is 21.7 Å². The molecule has 2 aromatic heterocycles. The number of aromatic nitrogens is 1. The smallest absolute Gasteiger partial charge is 0.322 e. The number of methoxy groups -OCH3 is 1. The van der Waals surface area contributed by atoms with Gasteiger partial charge in [-0.25, -0.2) is 9.78 Å². The summed E-state index contributed by atoms with van der Waals surface area (Å²) in [7, 11) is 1.54. The maximum atomic E-state index is 12.5. The molecular weight excluding hydrogens is 286 g/mol. The predicted octanol–water partition coefficient (Wildman–Crippen LogP) is 3.52. The van der Waals surface area contributed by atoms with Crippen molar-refractivity contribution >= 4 is 23.1 Å². The molecule has 1 saturated heterocycles. The zero-order chi connectivity index (χ0) is 14.7. The molecule has 1 aliphatic rings. The number of thiophene rings is 1. The van der Waals surface area contributed by atoms with Crippen LogP contribution in [0.15, 0.2) is 35.2 Å². The van der Waals surface area contributed by atoms with Gasteiger partial charge in [-0.3, -0.25) is 0 Å². The first-order valence-electron chi connectivity index (χ1n) is 6.88. The summed E-state index contributed by atoms with van der Waals surface area (Å²) in [6.45, 7) is 0.773. The average molecular weight is 303 g/mol. The van der Waals surface area contributed by atoms with Crippen LogP contribution in [-0.4, -0.2) is 29.6 Å². The van der Waals surface area contributed by atoms with E-state index in [1.807, 2.05) is 10.3 Å². The number of nitrogens with zero attached hydrogens (tertiary/aromatic N) is 2. The largest absolute Gasteiger partial charge is 0.480 e. The van der Waals surface area contributed by atoms with E-state index in [1.165, 1.54) is 5.56 Å². The number of carbonyl (C=O) groups excluding carboxylic acids is 1. The molecule has 21 heavy (non-hydrogen) atoms. The number of ether oxygens (including phenoxy) is 1. The van der Waals surface area contributed by atoms with E-state index in [1.54, 1.807) is 36.8 Å². The van der Waals surface area contributed by atoms with Crippen molar-refractivity contribution in [2.45, 2.75) is 18.9 Å². The van der Waals surface area contributed by atoms with Crippen LogP contribution >= 0.6 is 11.3 Å². The van der Waals surface area contributed by atoms with Crippen LogP contribution in [0.4, 0.5) is 10.5 Å². The molecule has 1 fully saturated rings. The SMILES string of the molecule is COc1ncccc1NC(=O)N1CCCC1c1ccsc1. The lowest BCUT2D eigenvalue weighted by molar-refractivity contribution is 0.207. The predicted molar refractivity (Wildman–Crippen MR) is 82.8 cm³/mol. The summed E-state index contributed by atoms with van der Waals surface area (Å²) in [4.78, 5) is 18.5. The van der Waals surface area contributed by atoms with Crippen LogP contribution in [0, 0.1) is 0 Å². The van der Waals surface area contributed by atoms with Crippen molar-refractivity contribution in [2.75, 3.05) is 19.0 Å². The van der Waals surface area contributed by atoms with E-state index in [0.717, 1.165) is 19.4 Å². The van der Waals surface area contributed by atoms with Gasteiger partial charge in [0.05, 0.1) is 13.2 Å². The molecule has 0 aliphatic carbocycles. The number of pyridine rings is 1. The summed E-state index contributed by atoms with van der Waals surface area (Å²) in [6.07, 6.45) is 3.67. The van der Waals surface area contributed by atoms with Gasteiger partial charge in [-0.05, 0) is 47.4 Å². The number of rotatable bonds is 3. The molecule has 110 valence electrons. The van der Waals surface area contributed by atoms with Crippen molar-refractivity contribution in [1.29, 1.82) is 0 Å². The zero-order valence-corrected chi connectivity index (χ0v) is 12.6. The Labute approximate surface area is 127 Å². The second kappa shape index (κ2) is 6.13. The zero-order valence-electron chi connectivity index (χ0n) is 11.8. The molecule has 1 unspecified atom stereocenters. The number of urea groups is 1. The first-order valence-corrected chi connectivity index (χ1v) is 7.82. The Morgan fingerprint density at radius 1 is 1.52 bits per heavy atom. The monoisotopic (exact) mass is 303 g/mol. The highest BCUT2D eigenvalue weighted by Crippen LogP contribution is 2.33. The number of hydrogen-bond acceptors (Lipinski definition) is 4. The van der Waals surface area contributed by atoms with Gasteiger partial charge in [-0.1, -0.05) is 0 Å². The third-order valence-electron chi connectivity index (χ3n) is 3.65. The Morgan fingerprint density at radius 3 is 3.19 bits per heavy atom. The highest BCUT2D eigenvalue weighted by molar-refractivity contribution is 7.07. The van der Waals surface area contributed by atoms with Crippen molar-refractivity contribution in [2.24, 2.45) is 0 Å². The number of nitrogens with one attached hydrogen (secondary N) is 1. The van der Waals surface area contributed by atoms with Gasteiger partial charge in [-0.15, -0.1) is 0 Å². The fourth-order valence-corrected chi connectivity index (χ4v) is 3.36. The molecule has 6 heteroatoms. The van der Waals surface area contributed by atoms with Crippen LogP contribution in [0.25, 0.3) is 0 Å². The van der Waals surface area contributed by atoms with E-state index >= 15 is 0 Å². The molecule has 3 rings (SSSR count). The molecular formula is C15H17N3O2S. The third kappa shape index (κ3) is 2.85. The Bertz CT molecular complexity index is 615. The van der Waals surface area contributed by atoms with E-state index in [9.17, 15) is 4.79 Å². The molecule has 1 aliphatic heterocycles. The third-order valence-corrected chi connectivity index (χ3v) is 4.35. The van der Waals surface area contributed by atoms with Gasteiger partial charge in [0.15, 0.2) is 0 Å². The van der Waals surface area contributed by atoms with Gasteiger partial charge >= 0.3 is 6.03 Å². The fraction of sp³-hybridized carbons (Fsp3) is 0.333. The van der Waals surface area contributed by atoms with E-state index in [0.29, 0.717) is 11.6 Å². The lowest BCUT2D eigenvalue weighted by Gasteiger charge is -2.24. The highest BCUT2D eigenvalue weighted by atomic mass is 32.1. The van der Waals surface area contributed by atoms with E-state index in [-0.39, 0.29) is 12.1 Å². The molecule has 3 heterocycles. The quantitative estimate of drug-likeness (QED) is 0.944. The first-order chi connectivity index (χ1) is 10.3. The van der Waals surface area contributed by atoms with Crippen LogP contribution in [0.3, 0.4) is 0 Å². The number of amides is 2. The van der Waals surface area contributed by atoms with Crippen molar-refractivity contribution in [3.8, 4) is 5.88 Å². The van der Waals surface area contributed by atoms with Gasteiger partial charge in [0.1, 0.15) is 5.69 Å². The van der Waals surface area contributed by atoms with Gasteiger partial charge in [0, 0.05) is 12.7 Å². The highest BCUT2D eigenvalue weighted by Gasteiger charge is 2.30. The normalized spacial score (nSPS) is 17.8. The summed E-state index contributed by atoms with van der Waals surface area (Å²) in [5, 5.41) is 7.06. The number of likely N-dealkylation sites (tertiary alicyclic amines) is 1. The maximum Gasteiger partial charge on any atom is 0.322 e. The Hall–Kier alpha value is -2.08. The maximum absolute atomic E-state index is 12.5. The molecule has 5 nitrogen and oxygen atoms in total. The van der Waals surface area contributed by atoms with Crippen LogP contribution in [0.1, 0.15) is 24.4 Å². The van der Waals surface area contributed by atoms with Gasteiger partial charge < -0.3 is 15.0 Å². The van der Waals surface area contributed by atoms with E-state index < -0.39 is 0 Å². The van der Waals surface area contributed by atoms with Crippen LogP contribution in [-0.2, 0) is 0 Å². The molecule has 0 bridgehead atoms. The summed E-state index contributed by atoms with van der Waals surface area (Å²) >= 11 is 1.66. The van der Waals surface area contributed by atoms with Crippen LogP contribution in [0.5, 0.6) is 5.88 Å². The standard InChI is InChI=1S/C15H17N3O2S/c1-20-14-12(4-2-7-16-14)17-15(19)18-8-3-5-13(18)11-6-9-21-10-11/h2,4,6-7,9-10,13H,3,5,8H2,1H3,(H,17,19). The molecule has 1 N–H and O–H groups in total. The minimum Gasteiger partial charge on any atom is -0.480 e. The second-order valence-corrected chi connectivity index (χ2v) is 5.68. The summed E-state index contributed by atoms with van der Waals surface area (Å²) < 4.78 is 5.17. The first kappa shape index (κ1) is 13.9. The fourth-order valence-electron chi connectivity index (χ4n) is 2.66. The molecule has 0 spiro atoms. The lowest BCUT2D eigenvalue weighted by atomic mass is 10.1. The molecule has 0 radical (unpaired) electrons. The van der Waals surface area contributed by atoms with Crippen molar-refractivity contribution in [1.82, 2.24) is 9.88 Å². The minimum absolute atomic E-state index is 0.102. The van der Waals surface area contributed by atoms with Gasteiger partial charge in [0.2, 0.25) is 5.88 Å². The van der Waals surface area contributed by atoms with Gasteiger partial charge in [0.25, 0.3) is 0 Å². The molecule has 2 amide bonds. The summed E-state index contributed by atoms with van der Waals surface area (Å²) in [5.74, 6) is 0.428. The average Bonchev–Trinajstić information content (AvgIpc) is 3.18. The second-order valence-electron chi connectivity index (χ2n) is 4.90. The summed E-state index contributed by atoms with van der Waals surface area (Å²) in [6, 6.07) is 5.72. The van der Waals surface area contributed by atoms with Crippen molar-refractivity contribution in [3.63, 3.8) is 0 Å². The summed E-state index contributed by atoms with van der Waals surface area (Å²) in [5.41, 5.74) is 1.81. The lowest BCUT2D eigenvalue weighted by Crippen LogP contribution is -2.34. The van der Waals surface area contributed by atoms with Crippen molar-refractivity contribution < 1.29 is 9.53 Å². The van der Waals surface area contributed by atoms with Crippen LogP contribution in [0.2, 0.25) is 0 Å². The Kier molecular flexibility index (Phi) is 4.06. The Morgan fingerprint density at radius 2 is 2.43 bits per heavy atom. The van der Waals surface area contributed by atoms with Crippen molar-refractivity contribution in [3.05, 3.63) is 40.7 Å². The minimum atomic E-state index is -0.102. The molecule has 2 aromatic rings. The molecule has 0 aromatic carbocycles. The number of carbonyl (C=O) groups is 1. The Balaban J connectivity index is 1.75. The van der Waals surface area contributed by atoms with Crippen LogP contribution < -0.4 is 10.1 Å². The number of anilines is 1. The van der Waals surface area contributed by atoms with E-state index in [4.69, 9.17) is 4.74 Å². The van der Waals surface area contributed by atoms with Gasteiger partial charge in [-0.2, -0.15) is 11.3 Å². The molecule has 1 atom stereocenters. The number of hydrogen-bond donors (Lipinski definition) is 1. The topological polar surface area (TPSA) is 54.5 Å². The molecule has 0 saturated carbocycles.